The third-order valence-corrected chi connectivity index (χ3v) is 5.49. The molecule has 27 heavy (non-hydrogen) atoms. The number of nitrogens with two attached hydrogens (primary N) is 1. The summed E-state index contributed by atoms with van der Waals surface area (Å²) in [6, 6.07) is 14.0. The molecule has 4 N–H and O–H groups in total. The summed E-state index contributed by atoms with van der Waals surface area (Å²) in [5, 5.41) is 18.8. The molecular formula is C19H21N3O4S. The number of aromatic nitrogens is 1. The molecule has 142 valence electrons. The molecule has 2 aromatic carbocycles. The van der Waals surface area contributed by atoms with Crippen LogP contribution in [0.15, 0.2) is 53.4 Å². The fraction of sp³-hybridized carbons (Fsp3) is 0.211. The molecule has 0 amide bonds. The molecule has 0 saturated carbocycles. The Labute approximate surface area is 157 Å². The molecule has 0 aliphatic carbocycles. The highest BCUT2D eigenvalue weighted by molar-refractivity contribution is 7.89. The van der Waals surface area contributed by atoms with Crippen molar-refractivity contribution in [2.24, 2.45) is 12.2 Å². The van der Waals surface area contributed by atoms with Crippen molar-refractivity contribution in [1.82, 2.24) is 9.88 Å². The average molecular weight is 387 g/mol. The van der Waals surface area contributed by atoms with Gasteiger partial charge < -0.3 is 15.0 Å². The summed E-state index contributed by atoms with van der Waals surface area (Å²) in [4.78, 5) is 11.8. The van der Waals surface area contributed by atoms with E-state index in [0.717, 1.165) is 22.0 Å². The van der Waals surface area contributed by atoms with Crippen LogP contribution in [0.5, 0.6) is 0 Å². The fourth-order valence-corrected chi connectivity index (χ4v) is 3.73. The number of benzene rings is 2. The largest absolute Gasteiger partial charge is 0.477 e. The van der Waals surface area contributed by atoms with Gasteiger partial charge in [-0.15, -0.1) is 0 Å². The van der Waals surface area contributed by atoms with Crippen LogP contribution in [0.25, 0.3) is 10.9 Å². The van der Waals surface area contributed by atoms with Crippen molar-refractivity contribution < 1.29 is 18.3 Å². The molecule has 0 fully saturated rings. The standard InChI is InChI=1S/C19H21N3O4S/c1-22-17-5-3-2-4-15(17)16(18(22)19(23)24)12-21-11-10-13-6-8-14(9-7-13)27(20,25)26/h2-9,21H,10-12H2,1H3,(H,23,24)(H2,20,25,26). The number of carbonyl (C=O) groups is 1. The second kappa shape index (κ2) is 7.51. The first kappa shape index (κ1) is 19.1. The van der Waals surface area contributed by atoms with Crippen LogP contribution in [0.3, 0.4) is 0 Å². The molecule has 0 radical (unpaired) electrons. The third kappa shape index (κ3) is 4.02. The smallest absolute Gasteiger partial charge is 0.352 e. The minimum absolute atomic E-state index is 0.0843. The van der Waals surface area contributed by atoms with E-state index in [2.05, 4.69) is 5.32 Å². The number of aryl methyl sites for hydroxylation is 1. The zero-order chi connectivity index (χ0) is 19.6. The summed E-state index contributed by atoms with van der Waals surface area (Å²) in [5.74, 6) is -0.955. The second-order valence-corrected chi connectivity index (χ2v) is 7.89. The van der Waals surface area contributed by atoms with Crippen LogP contribution in [0.4, 0.5) is 0 Å². The van der Waals surface area contributed by atoms with Gasteiger partial charge in [0.15, 0.2) is 0 Å². The van der Waals surface area contributed by atoms with Gasteiger partial charge in [0.2, 0.25) is 10.0 Å². The van der Waals surface area contributed by atoms with Gasteiger partial charge in [0, 0.05) is 30.1 Å². The number of nitrogens with zero attached hydrogens (tertiary/aromatic N) is 1. The fourth-order valence-electron chi connectivity index (χ4n) is 3.22. The lowest BCUT2D eigenvalue weighted by Crippen LogP contribution is -2.19. The van der Waals surface area contributed by atoms with E-state index in [-0.39, 0.29) is 10.6 Å². The molecular weight excluding hydrogens is 366 g/mol. The van der Waals surface area contributed by atoms with Crippen molar-refractivity contribution in [2.45, 2.75) is 17.9 Å². The summed E-state index contributed by atoms with van der Waals surface area (Å²) in [7, 11) is -1.93. The van der Waals surface area contributed by atoms with Crippen LogP contribution < -0.4 is 10.5 Å². The molecule has 3 rings (SSSR count). The van der Waals surface area contributed by atoms with Crippen LogP contribution in [-0.4, -0.2) is 30.6 Å². The molecule has 0 unspecified atom stereocenters. The number of hydrogen-bond donors (Lipinski definition) is 3. The van der Waals surface area contributed by atoms with Gasteiger partial charge in [-0.2, -0.15) is 0 Å². The van der Waals surface area contributed by atoms with E-state index in [1.165, 1.54) is 12.1 Å². The van der Waals surface area contributed by atoms with Gasteiger partial charge in [0.05, 0.1) is 4.90 Å². The Morgan fingerprint density at radius 2 is 1.81 bits per heavy atom. The molecule has 0 spiro atoms. The molecule has 1 aromatic heterocycles. The number of rotatable bonds is 7. The number of nitrogens with one attached hydrogen (secondary N) is 1. The number of carboxylic acid groups (broad SMARTS) is 1. The van der Waals surface area contributed by atoms with Crippen molar-refractivity contribution >= 4 is 26.9 Å². The van der Waals surface area contributed by atoms with Crippen LogP contribution in [0.2, 0.25) is 0 Å². The second-order valence-electron chi connectivity index (χ2n) is 6.32. The van der Waals surface area contributed by atoms with Gasteiger partial charge in [-0.25, -0.2) is 18.4 Å². The van der Waals surface area contributed by atoms with E-state index in [9.17, 15) is 18.3 Å². The van der Waals surface area contributed by atoms with Gasteiger partial charge in [0.1, 0.15) is 5.69 Å². The van der Waals surface area contributed by atoms with Crippen LogP contribution in [0, 0.1) is 0 Å². The summed E-state index contributed by atoms with van der Waals surface area (Å²) < 4.78 is 24.2. The number of carboxylic acids is 1. The molecule has 0 atom stereocenters. The Hall–Kier alpha value is -2.68. The topological polar surface area (TPSA) is 114 Å². The maximum Gasteiger partial charge on any atom is 0.352 e. The molecule has 0 saturated heterocycles. The predicted molar refractivity (Wildman–Crippen MR) is 103 cm³/mol. The highest BCUT2D eigenvalue weighted by atomic mass is 32.2. The molecule has 0 bridgehead atoms. The van der Waals surface area contributed by atoms with Gasteiger partial charge in [-0.3, -0.25) is 0 Å². The summed E-state index contributed by atoms with van der Waals surface area (Å²) in [6.07, 6.45) is 0.679. The van der Waals surface area contributed by atoms with E-state index in [1.54, 1.807) is 23.7 Å². The van der Waals surface area contributed by atoms with Crippen LogP contribution in [-0.2, 0) is 30.0 Å². The van der Waals surface area contributed by atoms with Crippen molar-refractivity contribution in [3.05, 3.63) is 65.4 Å². The SMILES string of the molecule is Cn1c(C(=O)O)c(CNCCc2ccc(S(N)(=O)=O)cc2)c2ccccc21. The summed E-state index contributed by atoms with van der Waals surface area (Å²) >= 11 is 0. The van der Waals surface area contributed by atoms with E-state index in [1.807, 2.05) is 24.3 Å². The zero-order valence-corrected chi connectivity index (χ0v) is 15.7. The molecule has 3 aromatic rings. The zero-order valence-electron chi connectivity index (χ0n) is 14.8. The van der Waals surface area contributed by atoms with Gasteiger partial charge in [0.25, 0.3) is 0 Å². The lowest BCUT2D eigenvalue weighted by Gasteiger charge is -2.07. The van der Waals surface area contributed by atoms with E-state index in [4.69, 9.17) is 5.14 Å². The Kier molecular flexibility index (Phi) is 5.31. The minimum atomic E-state index is -3.69. The monoisotopic (exact) mass is 387 g/mol. The quantitative estimate of drug-likeness (QED) is 0.535. The van der Waals surface area contributed by atoms with Crippen molar-refractivity contribution in [1.29, 1.82) is 0 Å². The first-order valence-electron chi connectivity index (χ1n) is 8.41. The first-order valence-corrected chi connectivity index (χ1v) is 9.95. The number of para-hydroxylation sites is 1. The third-order valence-electron chi connectivity index (χ3n) is 4.56. The van der Waals surface area contributed by atoms with Crippen molar-refractivity contribution in [2.75, 3.05) is 6.54 Å². The van der Waals surface area contributed by atoms with Crippen LogP contribution >= 0.6 is 0 Å². The van der Waals surface area contributed by atoms with Crippen molar-refractivity contribution in [3.63, 3.8) is 0 Å². The van der Waals surface area contributed by atoms with E-state index >= 15 is 0 Å². The van der Waals surface area contributed by atoms with E-state index < -0.39 is 16.0 Å². The van der Waals surface area contributed by atoms with Crippen molar-refractivity contribution in [3.8, 4) is 0 Å². The van der Waals surface area contributed by atoms with Crippen LogP contribution in [0.1, 0.15) is 21.6 Å². The first-order chi connectivity index (χ1) is 12.8. The number of fused-ring (bicyclic) bond motifs is 1. The minimum Gasteiger partial charge on any atom is -0.477 e. The van der Waals surface area contributed by atoms with Gasteiger partial charge in [-0.1, -0.05) is 30.3 Å². The number of primary sulfonamides is 1. The maximum absolute atomic E-state index is 11.7. The summed E-state index contributed by atoms with van der Waals surface area (Å²) in [6.45, 7) is 1.05. The Bertz CT molecular complexity index is 1090. The predicted octanol–water partition coefficient (Wildman–Crippen LogP) is 1.86. The molecule has 8 heteroatoms. The van der Waals surface area contributed by atoms with E-state index in [0.29, 0.717) is 19.5 Å². The number of sulfonamides is 1. The number of aromatic carboxylic acids is 1. The van der Waals surface area contributed by atoms with Gasteiger partial charge >= 0.3 is 5.97 Å². The van der Waals surface area contributed by atoms with Gasteiger partial charge in [-0.05, 0) is 36.7 Å². The Morgan fingerprint density at radius 3 is 2.44 bits per heavy atom. The number of hydrogen-bond acceptors (Lipinski definition) is 4. The average Bonchev–Trinajstić information content (AvgIpc) is 2.91. The maximum atomic E-state index is 11.7. The molecule has 7 nitrogen and oxygen atoms in total. The Balaban J connectivity index is 1.69. The molecule has 0 aliphatic rings. The molecule has 0 aliphatic heterocycles. The highest BCUT2D eigenvalue weighted by Crippen LogP contribution is 2.25. The highest BCUT2D eigenvalue weighted by Gasteiger charge is 2.19. The normalized spacial score (nSPS) is 11.8. The Morgan fingerprint density at radius 1 is 1.15 bits per heavy atom. The summed E-state index contributed by atoms with van der Waals surface area (Å²) in [5.41, 5.74) is 2.88. The molecule has 1 heterocycles. The lowest BCUT2D eigenvalue weighted by atomic mass is 10.1. The lowest BCUT2D eigenvalue weighted by molar-refractivity contribution is 0.0685.